The van der Waals surface area contributed by atoms with E-state index in [0.29, 0.717) is 12.2 Å². The first-order valence-electron chi connectivity index (χ1n) is 12.7. The van der Waals surface area contributed by atoms with Crippen LogP contribution in [0.3, 0.4) is 0 Å². The molecule has 0 amide bonds. The van der Waals surface area contributed by atoms with Gasteiger partial charge in [-0.3, -0.25) is 4.79 Å². The molecule has 2 aromatic carbocycles. The third-order valence-corrected chi connectivity index (χ3v) is 9.94. The Morgan fingerprint density at radius 3 is 1.88 bits per heavy atom. The molecule has 0 radical (unpaired) electrons. The minimum absolute atomic E-state index is 0.0729. The summed E-state index contributed by atoms with van der Waals surface area (Å²) < 4.78 is 24.4. The molecule has 1 aliphatic carbocycles. The highest BCUT2D eigenvalue weighted by Gasteiger charge is 2.30. The summed E-state index contributed by atoms with van der Waals surface area (Å²) in [5.41, 5.74) is 3.57. The van der Waals surface area contributed by atoms with Gasteiger partial charge in [-0.25, -0.2) is 8.42 Å². The van der Waals surface area contributed by atoms with Crippen molar-refractivity contribution in [2.24, 2.45) is 11.8 Å². The number of nitrogens with zero attached hydrogens (tertiary/aromatic N) is 2. The number of carbonyl (C=O) groups is 1. The Hall–Kier alpha value is -2.34. The van der Waals surface area contributed by atoms with Crippen LogP contribution >= 0.6 is 0 Å². The molecular weight excluding hydrogens is 444 g/mol. The second-order valence-corrected chi connectivity index (χ2v) is 12.8. The van der Waals surface area contributed by atoms with Gasteiger partial charge in [0.25, 0.3) is 0 Å². The van der Waals surface area contributed by atoms with Crippen LogP contribution in [0.15, 0.2) is 54.6 Å². The number of Topliss-reactive ketones (excluding diaryl/α,β-unsaturated/α-hetero) is 1. The van der Waals surface area contributed by atoms with Crippen molar-refractivity contribution in [2.45, 2.75) is 51.2 Å². The molecular formula is C28H38N2O3S. The van der Waals surface area contributed by atoms with E-state index in [-0.39, 0.29) is 22.8 Å². The number of anilines is 2. The van der Waals surface area contributed by atoms with Crippen molar-refractivity contribution in [1.82, 2.24) is 0 Å². The third kappa shape index (κ3) is 6.21. The van der Waals surface area contributed by atoms with E-state index in [9.17, 15) is 13.2 Å². The maximum Gasteiger partial charge on any atom is 0.152 e. The van der Waals surface area contributed by atoms with E-state index in [1.165, 1.54) is 11.4 Å². The summed E-state index contributed by atoms with van der Waals surface area (Å²) in [5.74, 6) is 0.850. The van der Waals surface area contributed by atoms with E-state index in [1.807, 2.05) is 0 Å². The van der Waals surface area contributed by atoms with Crippen LogP contribution in [0.25, 0.3) is 0 Å². The predicted octanol–water partition coefficient (Wildman–Crippen LogP) is 4.75. The number of carbonyl (C=O) groups excluding carboxylic acids is 1. The normalized spacial score (nSPS) is 21.6. The summed E-state index contributed by atoms with van der Waals surface area (Å²) in [5, 5.41) is -0.317. The fourth-order valence-electron chi connectivity index (χ4n) is 5.20. The molecule has 0 aromatic heterocycles. The van der Waals surface area contributed by atoms with Crippen molar-refractivity contribution in [3.05, 3.63) is 60.2 Å². The lowest BCUT2D eigenvalue weighted by Crippen LogP contribution is -2.46. The molecule has 34 heavy (non-hydrogen) atoms. The van der Waals surface area contributed by atoms with Gasteiger partial charge in [0, 0.05) is 49.9 Å². The highest BCUT2D eigenvalue weighted by Crippen LogP contribution is 2.32. The zero-order valence-electron chi connectivity index (χ0n) is 20.5. The lowest BCUT2D eigenvalue weighted by atomic mass is 9.79. The zero-order valence-corrected chi connectivity index (χ0v) is 21.3. The summed E-state index contributed by atoms with van der Waals surface area (Å²) in [7, 11) is -3.01. The standard InChI is InChI=1S/C28H38N2O3S/c1-22(2)34(32,33)21-24-8-12-25(13-9-24)28(31)20-23-10-14-27(15-11-23)30-18-16-29(17-19-30)26-6-4-3-5-7-26/h3-7,10-11,14-15,22,24-25H,8-9,12-13,16-21H2,1-2H3. The molecule has 1 aliphatic heterocycles. The predicted molar refractivity (Wildman–Crippen MR) is 140 cm³/mol. The average molecular weight is 483 g/mol. The smallest absolute Gasteiger partial charge is 0.152 e. The van der Waals surface area contributed by atoms with Crippen LogP contribution in [-0.4, -0.2) is 51.4 Å². The first kappa shape index (κ1) is 24.8. The van der Waals surface area contributed by atoms with Crippen LogP contribution in [-0.2, 0) is 21.1 Å². The molecule has 4 rings (SSSR count). The van der Waals surface area contributed by atoms with Gasteiger partial charge in [-0.15, -0.1) is 0 Å². The minimum Gasteiger partial charge on any atom is -0.368 e. The van der Waals surface area contributed by atoms with E-state index in [0.717, 1.165) is 57.4 Å². The molecule has 1 heterocycles. The fraction of sp³-hybridized carbons (Fsp3) is 0.536. The average Bonchev–Trinajstić information content (AvgIpc) is 2.85. The summed E-state index contributed by atoms with van der Waals surface area (Å²) in [6.07, 6.45) is 3.80. The van der Waals surface area contributed by atoms with Crippen LogP contribution < -0.4 is 9.80 Å². The molecule has 0 N–H and O–H groups in total. The molecule has 0 atom stereocenters. The second-order valence-electron chi connectivity index (χ2n) is 10.2. The third-order valence-electron chi connectivity index (χ3n) is 7.57. The molecule has 1 saturated carbocycles. The van der Waals surface area contributed by atoms with Crippen molar-refractivity contribution in [1.29, 1.82) is 0 Å². The Kier molecular flexibility index (Phi) is 7.97. The van der Waals surface area contributed by atoms with Crippen LogP contribution in [0.1, 0.15) is 45.1 Å². The number of sulfone groups is 1. The van der Waals surface area contributed by atoms with Gasteiger partial charge in [0.2, 0.25) is 0 Å². The first-order valence-corrected chi connectivity index (χ1v) is 14.4. The Morgan fingerprint density at radius 1 is 0.824 bits per heavy atom. The highest BCUT2D eigenvalue weighted by molar-refractivity contribution is 7.91. The van der Waals surface area contributed by atoms with Crippen molar-refractivity contribution in [3.63, 3.8) is 0 Å². The monoisotopic (exact) mass is 482 g/mol. The van der Waals surface area contributed by atoms with E-state index < -0.39 is 9.84 Å². The van der Waals surface area contributed by atoms with Gasteiger partial charge >= 0.3 is 0 Å². The summed E-state index contributed by atoms with van der Waals surface area (Å²) in [4.78, 5) is 17.7. The Bertz CT molecular complexity index is 1030. The van der Waals surface area contributed by atoms with Crippen LogP contribution in [0.5, 0.6) is 0 Å². The Balaban J connectivity index is 1.24. The minimum atomic E-state index is -3.01. The van der Waals surface area contributed by atoms with Crippen LogP contribution in [0, 0.1) is 11.8 Å². The van der Waals surface area contributed by atoms with E-state index in [2.05, 4.69) is 64.4 Å². The van der Waals surface area contributed by atoms with Crippen molar-refractivity contribution in [3.8, 4) is 0 Å². The highest BCUT2D eigenvalue weighted by atomic mass is 32.2. The summed E-state index contributed by atoms with van der Waals surface area (Å²) in [6, 6.07) is 19.0. The van der Waals surface area contributed by atoms with Gasteiger partial charge in [-0.1, -0.05) is 30.3 Å². The maximum atomic E-state index is 12.9. The number of piperazine rings is 1. The lowest BCUT2D eigenvalue weighted by molar-refractivity contribution is -0.123. The van der Waals surface area contributed by atoms with Crippen molar-refractivity contribution < 1.29 is 13.2 Å². The van der Waals surface area contributed by atoms with E-state index in [4.69, 9.17) is 0 Å². The van der Waals surface area contributed by atoms with Crippen LogP contribution in [0.2, 0.25) is 0 Å². The molecule has 2 fully saturated rings. The number of rotatable bonds is 8. The first-order chi connectivity index (χ1) is 16.3. The molecule has 0 bridgehead atoms. The molecule has 1 saturated heterocycles. The molecule has 2 aliphatic rings. The second kappa shape index (κ2) is 10.9. The molecule has 2 aromatic rings. The number of benzene rings is 2. The summed E-state index contributed by atoms with van der Waals surface area (Å²) in [6.45, 7) is 7.49. The van der Waals surface area contributed by atoms with E-state index >= 15 is 0 Å². The lowest BCUT2D eigenvalue weighted by Gasteiger charge is -2.37. The van der Waals surface area contributed by atoms with Crippen molar-refractivity contribution >= 4 is 27.0 Å². The number of hydrogen-bond acceptors (Lipinski definition) is 5. The molecule has 184 valence electrons. The summed E-state index contributed by atoms with van der Waals surface area (Å²) >= 11 is 0. The Labute approximate surface area is 205 Å². The van der Waals surface area contributed by atoms with Gasteiger partial charge in [-0.05, 0) is 75.3 Å². The quantitative estimate of drug-likeness (QED) is 0.543. The number of para-hydroxylation sites is 1. The number of hydrogen-bond donors (Lipinski definition) is 0. The van der Waals surface area contributed by atoms with Gasteiger partial charge < -0.3 is 9.80 Å². The molecule has 6 heteroatoms. The van der Waals surface area contributed by atoms with Gasteiger partial charge in [-0.2, -0.15) is 0 Å². The zero-order chi connectivity index (χ0) is 24.1. The van der Waals surface area contributed by atoms with Gasteiger partial charge in [0.1, 0.15) is 5.78 Å². The molecule has 0 spiro atoms. The fourth-order valence-corrected chi connectivity index (χ4v) is 6.58. The van der Waals surface area contributed by atoms with E-state index in [1.54, 1.807) is 13.8 Å². The maximum absolute atomic E-state index is 12.9. The molecule has 0 unspecified atom stereocenters. The number of ketones is 1. The molecule has 5 nitrogen and oxygen atoms in total. The SMILES string of the molecule is CC(C)S(=O)(=O)CC1CCC(C(=O)Cc2ccc(N3CCN(c4ccccc4)CC3)cc2)CC1. The Morgan fingerprint density at radius 2 is 1.35 bits per heavy atom. The largest absolute Gasteiger partial charge is 0.368 e. The topological polar surface area (TPSA) is 57.7 Å². The van der Waals surface area contributed by atoms with Crippen molar-refractivity contribution in [2.75, 3.05) is 41.7 Å². The van der Waals surface area contributed by atoms with Crippen LogP contribution in [0.4, 0.5) is 11.4 Å². The van der Waals surface area contributed by atoms with Gasteiger partial charge in [0.05, 0.1) is 11.0 Å². The van der Waals surface area contributed by atoms with Gasteiger partial charge in [0.15, 0.2) is 9.84 Å².